The van der Waals surface area contributed by atoms with Crippen molar-refractivity contribution in [2.45, 2.75) is 6.42 Å². The molecule has 1 aliphatic heterocycles. The van der Waals surface area contributed by atoms with Crippen LogP contribution < -0.4 is 10.2 Å². The van der Waals surface area contributed by atoms with Gasteiger partial charge in [0.25, 0.3) is 0 Å². The summed E-state index contributed by atoms with van der Waals surface area (Å²) in [4.78, 5) is 25.2. The summed E-state index contributed by atoms with van der Waals surface area (Å²) in [5.41, 5.74) is -0.0720. The number of rotatable bonds is 3. The molecule has 8 heteroatoms. The molecular weight excluding hydrogens is 340 g/mol. The van der Waals surface area contributed by atoms with Crippen LogP contribution in [0.2, 0.25) is 0 Å². The van der Waals surface area contributed by atoms with Crippen molar-refractivity contribution < 1.29 is 27.2 Å². The van der Waals surface area contributed by atoms with E-state index in [1.807, 2.05) is 0 Å². The fourth-order valence-electron chi connectivity index (χ4n) is 2.62. The Kier molecular flexibility index (Phi) is 4.43. The molecule has 1 fully saturated rings. The minimum absolute atomic E-state index is 0.173. The van der Waals surface area contributed by atoms with Gasteiger partial charge < -0.3 is 10.2 Å². The Labute approximate surface area is 140 Å². The minimum atomic E-state index is -1.68. The Morgan fingerprint density at radius 1 is 1.00 bits per heavy atom. The van der Waals surface area contributed by atoms with Crippen LogP contribution in [-0.2, 0) is 9.59 Å². The van der Waals surface area contributed by atoms with Crippen molar-refractivity contribution >= 4 is 23.2 Å². The Balaban J connectivity index is 1.75. The molecule has 130 valence electrons. The van der Waals surface area contributed by atoms with E-state index < -0.39 is 46.7 Å². The molecule has 0 bridgehead atoms. The molecule has 1 saturated heterocycles. The number of hydrogen-bond donors (Lipinski definition) is 1. The van der Waals surface area contributed by atoms with E-state index >= 15 is 0 Å². The van der Waals surface area contributed by atoms with Gasteiger partial charge in [-0.1, -0.05) is 0 Å². The lowest BCUT2D eigenvalue weighted by atomic mass is 10.1. The zero-order chi connectivity index (χ0) is 18.1. The van der Waals surface area contributed by atoms with Crippen molar-refractivity contribution in [1.29, 1.82) is 0 Å². The number of carbonyl (C=O) groups excluding carboxylic acids is 2. The summed E-state index contributed by atoms with van der Waals surface area (Å²) in [6.45, 7) is -0.173. The van der Waals surface area contributed by atoms with Gasteiger partial charge in [-0.25, -0.2) is 17.6 Å². The number of nitrogens with zero attached hydrogens (tertiary/aromatic N) is 1. The standard InChI is InChI=1S/C17H12F4N2O2/c18-10-1-3-11(4-2-10)22-17(25)9-7-14(24)23(8-9)13-6-5-12(19)15(20)16(13)21/h1-6,9H,7-8H2,(H,22,25). The first-order valence-electron chi connectivity index (χ1n) is 7.37. The van der Waals surface area contributed by atoms with Crippen molar-refractivity contribution in [2.24, 2.45) is 5.92 Å². The molecule has 2 amide bonds. The molecule has 1 N–H and O–H groups in total. The maximum absolute atomic E-state index is 13.9. The SMILES string of the molecule is O=C(Nc1ccc(F)cc1)C1CC(=O)N(c2ccc(F)c(F)c2F)C1. The maximum Gasteiger partial charge on any atom is 0.229 e. The molecule has 0 spiro atoms. The third-order valence-corrected chi connectivity index (χ3v) is 3.91. The minimum Gasteiger partial charge on any atom is -0.326 e. The molecule has 1 heterocycles. The maximum atomic E-state index is 13.9. The van der Waals surface area contributed by atoms with Gasteiger partial charge in [0.05, 0.1) is 11.6 Å². The summed E-state index contributed by atoms with van der Waals surface area (Å²) in [5, 5.41) is 2.53. The average molecular weight is 352 g/mol. The molecule has 0 aromatic heterocycles. The molecule has 25 heavy (non-hydrogen) atoms. The van der Waals surface area contributed by atoms with Crippen LogP contribution in [0.4, 0.5) is 28.9 Å². The van der Waals surface area contributed by atoms with Gasteiger partial charge in [0, 0.05) is 18.7 Å². The predicted molar refractivity (Wildman–Crippen MR) is 81.8 cm³/mol. The zero-order valence-corrected chi connectivity index (χ0v) is 12.7. The second kappa shape index (κ2) is 6.54. The number of hydrogen-bond acceptors (Lipinski definition) is 2. The van der Waals surface area contributed by atoms with E-state index in [1.165, 1.54) is 24.3 Å². The summed E-state index contributed by atoms with van der Waals surface area (Å²) in [6, 6.07) is 6.71. The molecule has 1 unspecified atom stereocenters. The van der Waals surface area contributed by atoms with Crippen LogP contribution in [0, 0.1) is 29.2 Å². The zero-order valence-electron chi connectivity index (χ0n) is 12.7. The van der Waals surface area contributed by atoms with Crippen molar-refractivity contribution in [3.63, 3.8) is 0 Å². The van der Waals surface area contributed by atoms with Crippen molar-refractivity contribution in [1.82, 2.24) is 0 Å². The summed E-state index contributed by atoms with van der Waals surface area (Å²) in [6.07, 6.45) is -0.203. The predicted octanol–water partition coefficient (Wildman–Crippen LogP) is 3.23. The molecule has 1 aliphatic rings. The average Bonchev–Trinajstić information content (AvgIpc) is 2.97. The number of benzene rings is 2. The Bertz CT molecular complexity index is 839. The van der Waals surface area contributed by atoms with Crippen molar-refractivity contribution in [2.75, 3.05) is 16.8 Å². The summed E-state index contributed by atoms with van der Waals surface area (Å²) >= 11 is 0. The van der Waals surface area contributed by atoms with Crippen LogP contribution in [0.25, 0.3) is 0 Å². The van der Waals surface area contributed by atoms with Gasteiger partial charge in [-0.05, 0) is 36.4 Å². The fraction of sp³-hybridized carbons (Fsp3) is 0.176. The molecular formula is C17H12F4N2O2. The van der Waals surface area contributed by atoms with Crippen LogP contribution >= 0.6 is 0 Å². The van der Waals surface area contributed by atoms with Crippen LogP contribution in [0.5, 0.6) is 0 Å². The van der Waals surface area contributed by atoms with E-state index in [2.05, 4.69) is 5.32 Å². The monoisotopic (exact) mass is 352 g/mol. The molecule has 4 nitrogen and oxygen atoms in total. The van der Waals surface area contributed by atoms with E-state index in [0.717, 1.165) is 11.0 Å². The molecule has 2 aromatic carbocycles. The van der Waals surface area contributed by atoms with Gasteiger partial charge in [-0.2, -0.15) is 0 Å². The number of nitrogens with one attached hydrogen (secondary N) is 1. The fourth-order valence-corrected chi connectivity index (χ4v) is 2.62. The number of carbonyl (C=O) groups is 2. The molecule has 2 aromatic rings. The first-order chi connectivity index (χ1) is 11.9. The smallest absolute Gasteiger partial charge is 0.229 e. The Morgan fingerprint density at radius 3 is 2.36 bits per heavy atom. The molecule has 0 radical (unpaired) electrons. The van der Waals surface area contributed by atoms with E-state index in [9.17, 15) is 27.2 Å². The number of amides is 2. The second-order valence-electron chi connectivity index (χ2n) is 5.60. The van der Waals surface area contributed by atoms with Crippen molar-refractivity contribution in [3.8, 4) is 0 Å². The molecule has 1 atom stereocenters. The quantitative estimate of drug-likeness (QED) is 0.681. The summed E-state index contributed by atoms with van der Waals surface area (Å²) < 4.78 is 53.1. The highest BCUT2D eigenvalue weighted by atomic mass is 19.2. The normalized spacial score (nSPS) is 17.0. The van der Waals surface area contributed by atoms with E-state index in [0.29, 0.717) is 11.8 Å². The third kappa shape index (κ3) is 3.33. The lowest BCUT2D eigenvalue weighted by molar-refractivity contribution is -0.122. The van der Waals surface area contributed by atoms with Gasteiger partial charge in [-0.3, -0.25) is 9.59 Å². The van der Waals surface area contributed by atoms with Gasteiger partial charge in [-0.15, -0.1) is 0 Å². The first kappa shape index (κ1) is 16.9. The Morgan fingerprint density at radius 2 is 1.68 bits per heavy atom. The van der Waals surface area contributed by atoms with E-state index in [4.69, 9.17) is 0 Å². The van der Waals surface area contributed by atoms with Crippen LogP contribution in [0.3, 0.4) is 0 Å². The second-order valence-corrected chi connectivity index (χ2v) is 5.60. The molecule has 0 saturated carbocycles. The molecule has 3 rings (SSSR count). The van der Waals surface area contributed by atoms with Gasteiger partial charge in [0.2, 0.25) is 11.8 Å². The highest BCUT2D eigenvalue weighted by molar-refractivity contribution is 6.03. The van der Waals surface area contributed by atoms with Crippen LogP contribution in [-0.4, -0.2) is 18.4 Å². The number of anilines is 2. The first-order valence-corrected chi connectivity index (χ1v) is 7.37. The van der Waals surface area contributed by atoms with Gasteiger partial charge >= 0.3 is 0 Å². The highest BCUT2D eigenvalue weighted by Crippen LogP contribution is 2.30. The lowest BCUT2D eigenvalue weighted by Gasteiger charge is -2.17. The largest absolute Gasteiger partial charge is 0.326 e. The van der Waals surface area contributed by atoms with Gasteiger partial charge in [0.15, 0.2) is 17.5 Å². The van der Waals surface area contributed by atoms with E-state index in [-0.39, 0.29) is 13.0 Å². The summed E-state index contributed by atoms with van der Waals surface area (Å²) in [5.74, 6) is -6.87. The van der Waals surface area contributed by atoms with Gasteiger partial charge in [0.1, 0.15) is 5.82 Å². The lowest BCUT2D eigenvalue weighted by Crippen LogP contribution is -2.29. The highest BCUT2D eigenvalue weighted by Gasteiger charge is 2.37. The summed E-state index contributed by atoms with van der Waals surface area (Å²) in [7, 11) is 0. The Hall–Kier alpha value is -2.90. The van der Waals surface area contributed by atoms with Crippen molar-refractivity contribution in [3.05, 3.63) is 59.7 Å². The van der Waals surface area contributed by atoms with E-state index in [1.54, 1.807) is 0 Å². The van der Waals surface area contributed by atoms with Crippen LogP contribution in [0.15, 0.2) is 36.4 Å². The third-order valence-electron chi connectivity index (χ3n) is 3.91. The number of halogens is 4. The topological polar surface area (TPSA) is 49.4 Å². The van der Waals surface area contributed by atoms with Crippen LogP contribution in [0.1, 0.15) is 6.42 Å². The molecule has 0 aliphatic carbocycles.